The average molecular weight is 352 g/mol. The monoisotopic (exact) mass is 352 g/mol. The summed E-state index contributed by atoms with van der Waals surface area (Å²) in [6.07, 6.45) is 1.05. The molecule has 4 N–H and O–H groups in total. The van der Waals surface area contributed by atoms with Gasteiger partial charge in [0.2, 0.25) is 5.91 Å². The minimum atomic E-state index is -1.22. The van der Waals surface area contributed by atoms with Gasteiger partial charge in [0.25, 0.3) is 5.56 Å². The fourth-order valence-electron chi connectivity index (χ4n) is 2.53. The zero-order valence-corrected chi connectivity index (χ0v) is 13.0. The maximum atomic E-state index is 11.7. The van der Waals surface area contributed by atoms with E-state index in [1.165, 1.54) is 6.20 Å². The molecule has 0 spiro atoms. The summed E-state index contributed by atoms with van der Waals surface area (Å²) < 4.78 is 1.14. The molecule has 134 valence electrons. The van der Waals surface area contributed by atoms with Crippen LogP contribution in [0.15, 0.2) is 27.0 Å². The molecule has 0 aromatic carbocycles. The number of aryl methyl sites for hydroxylation is 1. The maximum absolute atomic E-state index is 11.7. The second-order valence-corrected chi connectivity index (χ2v) is 5.56. The summed E-state index contributed by atoms with van der Waals surface area (Å²) in [5, 5.41) is 21.8. The summed E-state index contributed by atoms with van der Waals surface area (Å²) in [5.74, 6) is -5.13. The van der Waals surface area contributed by atoms with Crippen molar-refractivity contribution in [3.8, 4) is 0 Å². The van der Waals surface area contributed by atoms with E-state index in [2.05, 4.69) is 15.5 Å². The number of rotatable bonds is 6. The number of hydrazone groups is 1. The van der Waals surface area contributed by atoms with Crippen molar-refractivity contribution in [3.05, 3.63) is 33.1 Å². The lowest BCUT2D eigenvalue weighted by Gasteiger charge is -2.08. The normalized spacial score (nSPS) is 19.4. The zero-order chi connectivity index (χ0) is 18.6. The number of aromatic amines is 1. The van der Waals surface area contributed by atoms with Crippen molar-refractivity contribution in [3.63, 3.8) is 0 Å². The van der Waals surface area contributed by atoms with E-state index in [-0.39, 0.29) is 31.5 Å². The topological polar surface area (TPSA) is 171 Å². The van der Waals surface area contributed by atoms with Crippen LogP contribution in [0.3, 0.4) is 0 Å². The lowest BCUT2D eigenvalue weighted by atomic mass is 9.97. The van der Waals surface area contributed by atoms with Crippen LogP contribution in [0.2, 0.25) is 0 Å². The molecular formula is C14H16N4O7. The van der Waals surface area contributed by atoms with Crippen LogP contribution in [0.5, 0.6) is 0 Å². The van der Waals surface area contributed by atoms with Crippen LogP contribution in [-0.4, -0.2) is 43.3 Å². The van der Waals surface area contributed by atoms with E-state index in [4.69, 9.17) is 10.2 Å². The number of aromatic nitrogens is 2. The largest absolute Gasteiger partial charge is 0.481 e. The number of hydrogen-bond acceptors (Lipinski definition) is 6. The molecule has 1 heterocycles. The molecule has 1 aromatic rings. The number of carboxylic acid groups (broad SMARTS) is 2. The zero-order valence-electron chi connectivity index (χ0n) is 13.0. The highest BCUT2D eigenvalue weighted by Crippen LogP contribution is 2.30. The van der Waals surface area contributed by atoms with Crippen LogP contribution in [0.25, 0.3) is 0 Å². The number of carbonyl (C=O) groups is 3. The first kappa shape index (κ1) is 18.1. The molecule has 25 heavy (non-hydrogen) atoms. The average Bonchev–Trinajstić information content (AvgIpc) is 2.97. The summed E-state index contributed by atoms with van der Waals surface area (Å²) in [6, 6.07) is 1.15. The Bertz CT molecular complexity index is 814. The molecular weight excluding hydrogens is 336 g/mol. The van der Waals surface area contributed by atoms with Gasteiger partial charge in [0, 0.05) is 43.8 Å². The van der Waals surface area contributed by atoms with Gasteiger partial charge in [-0.05, 0) is 0 Å². The van der Waals surface area contributed by atoms with E-state index < -0.39 is 40.9 Å². The summed E-state index contributed by atoms with van der Waals surface area (Å²) in [6.45, 7) is 0.0157. The van der Waals surface area contributed by atoms with E-state index in [0.29, 0.717) is 0 Å². The van der Waals surface area contributed by atoms with E-state index in [0.717, 1.165) is 10.6 Å². The Morgan fingerprint density at radius 1 is 1.20 bits per heavy atom. The van der Waals surface area contributed by atoms with E-state index >= 15 is 0 Å². The molecule has 11 heteroatoms. The fraction of sp³-hybridized carbons (Fsp3) is 0.429. The van der Waals surface area contributed by atoms with Gasteiger partial charge in [0.1, 0.15) is 0 Å². The number of carboxylic acids is 2. The van der Waals surface area contributed by atoms with Crippen LogP contribution < -0.4 is 16.7 Å². The smallest absolute Gasteiger partial charge is 0.328 e. The van der Waals surface area contributed by atoms with Crippen molar-refractivity contribution in [1.82, 2.24) is 15.0 Å². The van der Waals surface area contributed by atoms with Crippen molar-refractivity contribution in [2.75, 3.05) is 0 Å². The van der Waals surface area contributed by atoms with E-state index in [1.54, 1.807) is 0 Å². The SMILES string of the molecule is O=C(CCn1ccc(=O)[nH]c1=O)NN=C1C[C@@H](C(=O)O)[C@H](C(=O)O)C1. The molecule has 0 saturated heterocycles. The van der Waals surface area contributed by atoms with Crippen LogP contribution in [0.1, 0.15) is 19.3 Å². The molecule has 2 rings (SSSR count). The van der Waals surface area contributed by atoms with Crippen molar-refractivity contribution < 1.29 is 24.6 Å². The van der Waals surface area contributed by atoms with Gasteiger partial charge >= 0.3 is 17.6 Å². The van der Waals surface area contributed by atoms with Crippen LogP contribution in [-0.2, 0) is 20.9 Å². The van der Waals surface area contributed by atoms with Crippen molar-refractivity contribution in [2.45, 2.75) is 25.8 Å². The molecule has 0 bridgehead atoms. The standard InChI is InChI=1S/C14H16N4O7/c19-10-1-3-18(14(25)15-10)4-2-11(20)17-16-7-5-8(12(21)22)9(6-7)13(23)24/h1,3,8-9H,2,4-6H2,(H,17,20)(H,21,22)(H,23,24)(H,15,19,25)/t8-,9-/m1/s1. The Kier molecular flexibility index (Phi) is 5.47. The third-order valence-corrected chi connectivity index (χ3v) is 3.85. The first-order valence-electron chi connectivity index (χ1n) is 7.37. The third kappa shape index (κ3) is 4.62. The van der Waals surface area contributed by atoms with Gasteiger partial charge in [-0.1, -0.05) is 0 Å². The highest BCUT2D eigenvalue weighted by molar-refractivity contribution is 5.97. The van der Waals surface area contributed by atoms with Gasteiger partial charge in [-0.2, -0.15) is 5.10 Å². The fourth-order valence-corrected chi connectivity index (χ4v) is 2.53. The lowest BCUT2D eigenvalue weighted by Crippen LogP contribution is -2.30. The molecule has 2 atom stereocenters. The molecule has 0 radical (unpaired) electrons. The molecule has 1 aliphatic rings. The molecule has 1 aromatic heterocycles. The number of hydrogen-bond donors (Lipinski definition) is 4. The van der Waals surface area contributed by atoms with Gasteiger partial charge in [-0.3, -0.25) is 24.2 Å². The highest BCUT2D eigenvalue weighted by atomic mass is 16.4. The highest BCUT2D eigenvalue weighted by Gasteiger charge is 2.41. The maximum Gasteiger partial charge on any atom is 0.328 e. The number of H-pyrrole nitrogens is 1. The first-order valence-corrected chi connectivity index (χ1v) is 7.37. The summed E-state index contributed by atoms with van der Waals surface area (Å²) in [7, 11) is 0. The summed E-state index contributed by atoms with van der Waals surface area (Å²) >= 11 is 0. The minimum absolute atomic E-state index is 0.0157. The molecule has 1 fully saturated rings. The van der Waals surface area contributed by atoms with Gasteiger partial charge in [0.05, 0.1) is 11.8 Å². The number of nitrogens with one attached hydrogen (secondary N) is 2. The van der Waals surface area contributed by atoms with Gasteiger partial charge in [0.15, 0.2) is 0 Å². The molecule has 1 amide bonds. The Labute approximate surface area is 140 Å². The minimum Gasteiger partial charge on any atom is -0.481 e. The van der Waals surface area contributed by atoms with Crippen LogP contribution >= 0.6 is 0 Å². The molecule has 11 nitrogen and oxygen atoms in total. The number of aliphatic carboxylic acids is 2. The van der Waals surface area contributed by atoms with Crippen molar-refractivity contribution in [1.29, 1.82) is 0 Å². The summed E-state index contributed by atoms with van der Waals surface area (Å²) in [5.41, 5.74) is 1.32. The Balaban J connectivity index is 1.92. The van der Waals surface area contributed by atoms with Gasteiger partial charge in [-0.15, -0.1) is 0 Å². The summed E-state index contributed by atoms with van der Waals surface area (Å²) in [4.78, 5) is 58.3. The quantitative estimate of drug-likeness (QED) is 0.456. The van der Waals surface area contributed by atoms with Gasteiger partial charge < -0.3 is 14.8 Å². The Morgan fingerprint density at radius 2 is 1.80 bits per heavy atom. The van der Waals surface area contributed by atoms with Crippen molar-refractivity contribution >= 4 is 23.6 Å². The second-order valence-electron chi connectivity index (χ2n) is 5.56. The predicted molar refractivity (Wildman–Crippen MR) is 83.0 cm³/mol. The molecule has 0 aliphatic heterocycles. The van der Waals surface area contributed by atoms with Crippen LogP contribution in [0, 0.1) is 11.8 Å². The number of amides is 1. The van der Waals surface area contributed by atoms with Gasteiger partial charge in [-0.25, -0.2) is 10.2 Å². The van der Waals surface area contributed by atoms with E-state index in [1.807, 2.05) is 0 Å². The van der Waals surface area contributed by atoms with E-state index in [9.17, 15) is 24.0 Å². The third-order valence-electron chi connectivity index (χ3n) is 3.85. The number of carbonyl (C=O) groups excluding carboxylic acids is 1. The Morgan fingerprint density at radius 3 is 2.32 bits per heavy atom. The molecule has 0 unspecified atom stereocenters. The molecule has 1 aliphatic carbocycles. The Hall–Kier alpha value is -3.24. The predicted octanol–water partition coefficient (Wildman–Crippen LogP) is -1.41. The first-order chi connectivity index (χ1) is 11.8. The van der Waals surface area contributed by atoms with Crippen molar-refractivity contribution in [2.24, 2.45) is 16.9 Å². The second kappa shape index (κ2) is 7.55. The van der Waals surface area contributed by atoms with Crippen LogP contribution in [0.4, 0.5) is 0 Å². The molecule has 1 saturated carbocycles. The lowest BCUT2D eigenvalue weighted by molar-refractivity contribution is -0.152. The number of nitrogens with zero attached hydrogens (tertiary/aromatic N) is 2.